The molecule has 0 aliphatic carbocycles. The summed E-state index contributed by atoms with van der Waals surface area (Å²) < 4.78 is 0. The summed E-state index contributed by atoms with van der Waals surface area (Å²) in [4.78, 5) is 10.6. The number of nitroso groups, excluding NO2 is 1. The molecule has 0 unspecified atom stereocenters. The second kappa shape index (κ2) is 4.57. The van der Waals surface area contributed by atoms with E-state index in [9.17, 15) is 4.91 Å². The summed E-state index contributed by atoms with van der Waals surface area (Å²) in [5.74, 6) is 0. The lowest BCUT2D eigenvalue weighted by molar-refractivity contribution is 1.43. The number of nitrogens with one attached hydrogen (secondary N) is 1. The quantitative estimate of drug-likeness (QED) is 0.777. The van der Waals surface area contributed by atoms with Gasteiger partial charge < -0.3 is 5.32 Å². The molecule has 0 heterocycles. The zero-order valence-corrected chi connectivity index (χ0v) is 8.97. The first-order valence-electron chi connectivity index (χ1n) is 5.05. The van der Waals surface area contributed by atoms with Gasteiger partial charge in [-0.1, -0.05) is 29.8 Å². The SMILES string of the molecule is Cc1ccc(Nc2ccccc2N=O)cc1. The minimum atomic E-state index is 0.420. The first-order chi connectivity index (χ1) is 7.79. The molecule has 16 heavy (non-hydrogen) atoms. The second-order valence-electron chi connectivity index (χ2n) is 3.60. The van der Waals surface area contributed by atoms with Gasteiger partial charge in [-0.3, -0.25) is 0 Å². The Bertz CT molecular complexity index is 492. The lowest BCUT2D eigenvalue weighted by atomic mass is 10.2. The molecule has 3 nitrogen and oxygen atoms in total. The first-order valence-corrected chi connectivity index (χ1v) is 5.05. The van der Waals surface area contributed by atoms with Gasteiger partial charge in [0.2, 0.25) is 0 Å². The molecule has 0 aliphatic rings. The molecule has 0 saturated carbocycles. The molecule has 0 aliphatic heterocycles. The van der Waals surface area contributed by atoms with Crippen LogP contribution in [0.4, 0.5) is 17.1 Å². The third kappa shape index (κ3) is 2.25. The van der Waals surface area contributed by atoms with Crippen LogP contribution in [0.2, 0.25) is 0 Å². The summed E-state index contributed by atoms with van der Waals surface area (Å²) in [6.07, 6.45) is 0. The van der Waals surface area contributed by atoms with Crippen LogP contribution in [-0.2, 0) is 0 Å². The van der Waals surface area contributed by atoms with Crippen molar-refractivity contribution in [3.05, 3.63) is 59.0 Å². The molecule has 1 N–H and O–H groups in total. The molecule has 3 heteroatoms. The minimum Gasteiger partial charge on any atom is -0.354 e. The summed E-state index contributed by atoms with van der Waals surface area (Å²) in [6, 6.07) is 15.1. The number of hydrogen-bond acceptors (Lipinski definition) is 3. The van der Waals surface area contributed by atoms with Gasteiger partial charge >= 0.3 is 0 Å². The Hall–Kier alpha value is -2.16. The van der Waals surface area contributed by atoms with Crippen molar-refractivity contribution >= 4 is 17.1 Å². The van der Waals surface area contributed by atoms with Crippen LogP contribution in [0.1, 0.15) is 5.56 Å². The maximum absolute atomic E-state index is 10.6. The van der Waals surface area contributed by atoms with Crippen molar-refractivity contribution in [1.82, 2.24) is 0 Å². The third-order valence-electron chi connectivity index (χ3n) is 2.33. The van der Waals surface area contributed by atoms with Gasteiger partial charge in [0.05, 0.1) is 5.69 Å². The van der Waals surface area contributed by atoms with Crippen molar-refractivity contribution in [2.45, 2.75) is 6.92 Å². The fourth-order valence-electron chi connectivity index (χ4n) is 1.45. The number of aryl methyl sites for hydroxylation is 1. The van der Waals surface area contributed by atoms with E-state index in [4.69, 9.17) is 0 Å². The van der Waals surface area contributed by atoms with Crippen molar-refractivity contribution in [2.75, 3.05) is 5.32 Å². The summed E-state index contributed by atoms with van der Waals surface area (Å²) in [5.41, 5.74) is 3.29. The Morgan fingerprint density at radius 2 is 1.69 bits per heavy atom. The van der Waals surface area contributed by atoms with E-state index in [2.05, 4.69) is 10.5 Å². The molecule has 2 rings (SSSR count). The molecular weight excluding hydrogens is 200 g/mol. The van der Waals surface area contributed by atoms with Crippen LogP contribution < -0.4 is 5.32 Å². The molecule has 0 saturated heterocycles. The third-order valence-corrected chi connectivity index (χ3v) is 2.33. The topological polar surface area (TPSA) is 41.5 Å². The van der Waals surface area contributed by atoms with Crippen molar-refractivity contribution in [2.24, 2.45) is 5.18 Å². The number of para-hydroxylation sites is 1. The molecule has 0 amide bonds. The average molecular weight is 212 g/mol. The van der Waals surface area contributed by atoms with Crippen LogP contribution in [-0.4, -0.2) is 0 Å². The second-order valence-corrected chi connectivity index (χ2v) is 3.60. The number of anilines is 2. The normalized spacial score (nSPS) is 9.81. The minimum absolute atomic E-state index is 0.420. The molecule has 0 aromatic heterocycles. The van der Waals surface area contributed by atoms with Crippen molar-refractivity contribution < 1.29 is 0 Å². The highest BCUT2D eigenvalue weighted by atomic mass is 16.3. The maximum Gasteiger partial charge on any atom is 0.131 e. The smallest absolute Gasteiger partial charge is 0.131 e. The lowest BCUT2D eigenvalue weighted by Gasteiger charge is -2.07. The van der Waals surface area contributed by atoms with Crippen molar-refractivity contribution in [3.63, 3.8) is 0 Å². The molecule has 0 bridgehead atoms. The molecule has 2 aromatic rings. The van der Waals surface area contributed by atoms with Gasteiger partial charge in [-0.25, -0.2) is 0 Å². The number of hydrogen-bond donors (Lipinski definition) is 1. The number of rotatable bonds is 3. The summed E-state index contributed by atoms with van der Waals surface area (Å²) in [6.45, 7) is 2.03. The Balaban J connectivity index is 2.26. The van der Waals surface area contributed by atoms with Crippen LogP contribution in [0.25, 0.3) is 0 Å². The van der Waals surface area contributed by atoms with Gasteiger partial charge in [-0.2, -0.15) is 0 Å². The fraction of sp³-hybridized carbons (Fsp3) is 0.0769. The Labute approximate surface area is 94.1 Å². The molecule has 0 atom stereocenters. The van der Waals surface area contributed by atoms with Gasteiger partial charge in [-0.05, 0) is 36.4 Å². The monoisotopic (exact) mass is 212 g/mol. The predicted molar refractivity (Wildman–Crippen MR) is 66.4 cm³/mol. The molecular formula is C13H12N2O. The van der Waals surface area contributed by atoms with E-state index >= 15 is 0 Å². The Morgan fingerprint density at radius 3 is 2.38 bits per heavy atom. The number of benzene rings is 2. The van der Waals surface area contributed by atoms with Crippen LogP contribution in [0.15, 0.2) is 53.7 Å². The largest absolute Gasteiger partial charge is 0.354 e. The highest BCUT2D eigenvalue weighted by Gasteiger charge is 2.01. The van der Waals surface area contributed by atoms with E-state index in [0.717, 1.165) is 11.4 Å². The van der Waals surface area contributed by atoms with Gasteiger partial charge in [0.15, 0.2) is 0 Å². The molecule has 80 valence electrons. The van der Waals surface area contributed by atoms with Crippen LogP contribution in [0.5, 0.6) is 0 Å². The van der Waals surface area contributed by atoms with Crippen molar-refractivity contribution in [3.8, 4) is 0 Å². The zero-order valence-electron chi connectivity index (χ0n) is 8.97. The van der Waals surface area contributed by atoms with E-state index in [-0.39, 0.29) is 0 Å². The zero-order chi connectivity index (χ0) is 11.4. The van der Waals surface area contributed by atoms with Gasteiger partial charge in [0.25, 0.3) is 0 Å². The standard InChI is InChI=1S/C13H12N2O/c1-10-6-8-11(9-7-10)14-12-4-2-3-5-13(12)15-16/h2-9,14H,1H3. The van der Waals surface area contributed by atoms with Crippen LogP contribution in [0, 0.1) is 11.8 Å². The highest BCUT2D eigenvalue weighted by Crippen LogP contribution is 2.27. The maximum atomic E-state index is 10.6. The Kier molecular flexibility index (Phi) is 2.96. The Morgan fingerprint density at radius 1 is 1.00 bits per heavy atom. The van der Waals surface area contributed by atoms with E-state index < -0.39 is 0 Å². The van der Waals surface area contributed by atoms with Gasteiger partial charge in [0, 0.05) is 5.69 Å². The van der Waals surface area contributed by atoms with E-state index in [0.29, 0.717) is 5.69 Å². The summed E-state index contributed by atoms with van der Waals surface area (Å²) in [5, 5.41) is 6.13. The highest BCUT2D eigenvalue weighted by molar-refractivity contribution is 5.71. The van der Waals surface area contributed by atoms with Crippen molar-refractivity contribution in [1.29, 1.82) is 0 Å². The van der Waals surface area contributed by atoms with E-state index in [1.165, 1.54) is 5.56 Å². The molecule has 0 radical (unpaired) electrons. The van der Waals surface area contributed by atoms with E-state index in [1.807, 2.05) is 43.3 Å². The van der Waals surface area contributed by atoms with Crippen LogP contribution in [0.3, 0.4) is 0 Å². The predicted octanol–water partition coefficient (Wildman–Crippen LogP) is 4.14. The molecule has 2 aromatic carbocycles. The van der Waals surface area contributed by atoms with Gasteiger partial charge in [0.1, 0.15) is 5.69 Å². The van der Waals surface area contributed by atoms with Gasteiger partial charge in [-0.15, -0.1) is 4.91 Å². The number of nitrogens with zero attached hydrogens (tertiary/aromatic N) is 1. The fourth-order valence-corrected chi connectivity index (χ4v) is 1.45. The van der Waals surface area contributed by atoms with E-state index in [1.54, 1.807) is 12.1 Å². The average Bonchev–Trinajstić information content (AvgIpc) is 2.33. The summed E-state index contributed by atoms with van der Waals surface area (Å²) >= 11 is 0. The molecule has 0 fully saturated rings. The first kappa shape index (κ1) is 10.4. The summed E-state index contributed by atoms with van der Waals surface area (Å²) in [7, 11) is 0. The lowest BCUT2D eigenvalue weighted by Crippen LogP contribution is -1.90. The molecule has 0 spiro atoms. The van der Waals surface area contributed by atoms with Crippen LogP contribution >= 0.6 is 0 Å².